The van der Waals surface area contributed by atoms with Gasteiger partial charge in [0.05, 0.1) is 4.92 Å². The molecule has 0 amide bonds. The molecular formula is C12H20N6O2. The third-order valence-corrected chi connectivity index (χ3v) is 3.85. The van der Waals surface area contributed by atoms with Crippen molar-refractivity contribution in [3.8, 4) is 0 Å². The molecule has 20 heavy (non-hydrogen) atoms. The molecule has 2 unspecified atom stereocenters. The Kier molecular flexibility index (Phi) is 4.03. The van der Waals surface area contributed by atoms with E-state index in [9.17, 15) is 10.1 Å². The number of aromatic nitrogens is 2. The number of nitrogens with two attached hydrogens (primary N) is 1. The lowest BCUT2D eigenvalue weighted by molar-refractivity contribution is -0.385. The summed E-state index contributed by atoms with van der Waals surface area (Å²) >= 11 is 0. The highest BCUT2D eigenvalue weighted by atomic mass is 16.6. The van der Waals surface area contributed by atoms with Gasteiger partial charge in [0.2, 0.25) is 11.8 Å². The van der Waals surface area contributed by atoms with Crippen LogP contribution in [0, 0.1) is 17.0 Å². The number of hydrogen-bond donors (Lipinski definition) is 2. The Labute approximate surface area is 117 Å². The molecule has 8 heteroatoms. The monoisotopic (exact) mass is 280 g/mol. The summed E-state index contributed by atoms with van der Waals surface area (Å²) < 4.78 is 0. The fourth-order valence-corrected chi connectivity index (χ4v) is 2.86. The number of hydrazine groups is 1. The van der Waals surface area contributed by atoms with E-state index < -0.39 is 4.92 Å². The van der Waals surface area contributed by atoms with E-state index in [1.807, 2.05) is 4.90 Å². The van der Waals surface area contributed by atoms with Gasteiger partial charge < -0.3 is 4.90 Å². The minimum Gasteiger partial charge on any atom is -0.345 e. The Morgan fingerprint density at radius 1 is 1.50 bits per heavy atom. The number of hydrogen-bond acceptors (Lipinski definition) is 7. The van der Waals surface area contributed by atoms with E-state index in [2.05, 4.69) is 29.2 Å². The summed E-state index contributed by atoms with van der Waals surface area (Å²) in [5.74, 6) is 5.92. The summed E-state index contributed by atoms with van der Waals surface area (Å²) in [4.78, 5) is 21.2. The van der Waals surface area contributed by atoms with Crippen LogP contribution in [-0.4, -0.2) is 27.0 Å². The van der Waals surface area contributed by atoms with Crippen molar-refractivity contribution >= 4 is 17.5 Å². The van der Waals surface area contributed by atoms with Crippen LogP contribution < -0.4 is 16.2 Å². The maximum Gasteiger partial charge on any atom is 0.332 e. The predicted molar refractivity (Wildman–Crippen MR) is 76.5 cm³/mol. The molecule has 1 fully saturated rings. The SMILES string of the molecule is CCC1CCC(C)N1c1nc(NN)nc(C)c1[N+](=O)[O-]. The van der Waals surface area contributed by atoms with Gasteiger partial charge >= 0.3 is 5.69 Å². The number of nitrogens with zero attached hydrogens (tertiary/aromatic N) is 4. The maximum absolute atomic E-state index is 11.3. The zero-order valence-electron chi connectivity index (χ0n) is 12.0. The summed E-state index contributed by atoms with van der Waals surface area (Å²) in [5.41, 5.74) is 2.66. The molecular weight excluding hydrogens is 260 g/mol. The van der Waals surface area contributed by atoms with Gasteiger partial charge in [0, 0.05) is 12.1 Å². The second-order valence-electron chi connectivity index (χ2n) is 5.10. The number of nitrogens with one attached hydrogen (secondary N) is 1. The minimum absolute atomic E-state index is 0.0313. The van der Waals surface area contributed by atoms with Crippen LogP contribution in [0.4, 0.5) is 17.5 Å². The summed E-state index contributed by atoms with van der Waals surface area (Å²) in [6.07, 6.45) is 2.95. The zero-order chi connectivity index (χ0) is 14.9. The lowest BCUT2D eigenvalue weighted by atomic mass is 10.1. The second kappa shape index (κ2) is 5.58. The average Bonchev–Trinajstić information content (AvgIpc) is 2.78. The maximum atomic E-state index is 11.3. The Morgan fingerprint density at radius 2 is 2.20 bits per heavy atom. The summed E-state index contributed by atoms with van der Waals surface area (Å²) in [5, 5.41) is 11.3. The summed E-state index contributed by atoms with van der Waals surface area (Å²) in [6, 6.07) is 0.488. The van der Waals surface area contributed by atoms with Crippen molar-refractivity contribution in [1.29, 1.82) is 0 Å². The normalized spacial score (nSPS) is 22.1. The minimum atomic E-state index is -0.414. The largest absolute Gasteiger partial charge is 0.345 e. The van der Waals surface area contributed by atoms with E-state index in [4.69, 9.17) is 5.84 Å². The van der Waals surface area contributed by atoms with Gasteiger partial charge in [0.1, 0.15) is 5.69 Å². The van der Waals surface area contributed by atoms with Crippen LogP contribution >= 0.6 is 0 Å². The van der Waals surface area contributed by atoms with Crippen molar-refractivity contribution in [2.24, 2.45) is 5.84 Å². The number of nitro groups is 1. The Balaban J connectivity index is 2.58. The van der Waals surface area contributed by atoms with Crippen molar-refractivity contribution in [3.63, 3.8) is 0 Å². The van der Waals surface area contributed by atoms with Crippen molar-refractivity contribution < 1.29 is 4.92 Å². The van der Waals surface area contributed by atoms with Gasteiger partial charge in [0.25, 0.3) is 0 Å². The molecule has 8 nitrogen and oxygen atoms in total. The second-order valence-corrected chi connectivity index (χ2v) is 5.10. The molecule has 1 saturated heterocycles. The number of nitrogen functional groups attached to an aromatic ring is 1. The fourth-order valence-electron chi connectivity index (χ4n) is 2.86. The Bertz CT molecular complexity index is 521. The predicted octanol–water partition coefficient (Wildman–Crippen LogP) is 1.75. The molecule has 0 bridgehead atoms. The highest BCUT2D eigenvalue weighted by molar-refractivity contribution is 5.63. The molecule has 0 aliphatic carbocycles. The molecule has 1 aliphatic rings. The molecule has 0 radical (unpaired) electrons. The first-order chi connectivity index (χ1) is 9.49. The molecule has 2 heterocycles. The van der Waals surface area contributed by atoms with E-state index in [-0.39, 0.29) is 23.7 Å². The first-order valence-corrected chi connectivity index (χ1v) is 6.77. The van der Waals surface area contributed by atoms with Crippen LogP contribution in [0.5, 0.6) is 0 Å². The molecule has 1 aliphatic heterocycles. The van der Waals surface area contributed by atoms with Gasteiger partial charge in [-0.25, -0.2) is 10.8 Å². The smallest absolute Gasteiger partial charge is 0.332 e. The van der Waals surface area contributed by atoms with Gasteiger partial charge in [-0.1, -0.05) is 6.92 Å². The highest BCUT2D eigenvalue weighted by Crippen LogP contribution is 2.37. The van der Waals surface area contributed by atoms with Crippen molar-refractivity contribution in [3.05, 3.63) is 15.8 Å². The molecule has 0 aromatic carbocycles. The van der Waals surface area contributed by atoms with Gasteiger partial charge in [-0.2, -0.15) is 4.98 Å². The van der Waals surface area contributed by atoms with Gasteiger partial charge in [-0.05, 0) is 33.1 Å². The molecule has 3 N–H and O–H groups in total. The molecule has 2 atom stereocenters. The van der Waals surface area contributed by atoms with Gasteiger partial charge in [-0.3, -0.25) is 15.5 Å². The highest BCUT2D eigenvalue weighted by Gasteiger charge is 2.36. The van der Waals surface area contributed by atoms with E-state index in [0.717, 1.165) is 19.3 Å². The Morgan fingerprint density at radius 3 is 2.75 bits per heavy atom. The standard InChI is InChI=1S/C12H20N6O2/c1-4-9-6-5-7(2)17(9)11-10(18(19)20)8(3)14-12(15-11)16-13/h7,9H,4-6,13H2,1-3H3,(H,14,15,16). The first kappa shape index (κ1) is 14.4. The molecule has 0 spiro atoms. The number of rotatable bonds is 4. The van der Waals surface area contributed by atoms with E-state index in [0.29, 0.717) is 11.5 Å². The van der Waals surface area contributed by atoms with E-state index >= 15 is 0 Å². The van der Waals surface area contributed by atoms with Crippen LogP contribution in [-0.2, 0) is 0 Å². The quantitative estimate of drug-likeness (QED) is 0.491. The topological polar surface area (TPSA) is 110 Å². The number of anilines is 2. The average molecular weight is 280 g/mol. The molecule has 1 aromatic heterocycles. The van der Waals surface area contributed by atoms with E-state index in [1.54, 1.807) is 6.92 Å². The van der Waals surface area contributed by atoms with Crippen LogP contribution in [0.1, 0.15) is 38.8 Å². The summed E-state index contributed by atoms with van der Waals surface area (Å²) in [7, 11) is 0. The van der Waals surface area contributed by atoms with Crippen molar-refractivity contribution in [2.75, 3.05) is 10.3 Å². The van der Waals surface area contributed by atoms with Gasteiger partial charge in [0.15, 0.2) is 0 Å². The van der Waals surface area contributed by atoms with Crippen LogP contribution in [0.2, 0.25) is 0 Å². The first-order valence-electron chi connectivity index (χ1n) is 6.77. The third-order valence-electron chi connectivity index (χ3n) is 3.85. The summed E-state index contributed by atoms with van der Waals surface area (Å²) in [6.45, 7) is 5.75. The van der Waals surface area contributed by atoms with Gasteiger partial charge in [-0.15, -0.1) is 0 Å². The molecule has 2 rings (SSSR count). The fraction of sp³-hybridized carbons (Fsp3) is 0.667. The van der Waals surface area contributed by atoms with Crippen molar-refractivity contribution in [1.82, 2.24) is 9.97 Å². The van der Waals surface area contributed by atoms with Crippen LogP contribution in [0.3, 0.4) is 0 Å². The lowest BCUT2D eigenvalue weighted by Crippen LogP contribution is -2.36. The zero-order valence-corrected chi connectivity index (χ0v) is 12.0. The molecule has 110 valence electrons. The third kappa shape index (κ3) is 2.38. The molecule has 0 saturated carbocycles. The van der Waals surface area contributed by atoms with Crippen LogP contribution in [0.15, 0.2) is 0 Å². The van der Waals surface area contributed by atoms with Crippen molar-refractivity contribution in [2.45, 2.75) is 52.1 Å². The molecule has 1 aromatic rings. The van der Waals surface area contributed by atoms with E-state index in [1.165, 1.54) is 0 Å². The van der Waals surface area contributed by atoms with Crippen LogP contribution in [0.25, 0.3) is 0 Å². The lowest BCUT2D eigenvalue weighted by Gasteiger charge is -2.29. The Hall–Kier alpha value is -1.96. The number of aryl methyl sites for hydroxylation is 1.